The van der Waals surface area contributed by atoms with Crippen molar-refractivity contribution in [2.24, 2.45) is 0 Å². The van der Waals surface area contributed by atoms with Gasteiger partial charge in [0.05, 0.1) is 12.1 Å². The van der Waals surface area contributed by atoms with Gasteiger partial charge in [-0.25, -0.2) is 9.48 Å². The number of aromatic nitrogens is 2. The summed E-state index contributed by atoms with van der Waals surface area (Å²) in [6.45, 7) is -0.494. The number of para-hydroxylation sites is 1. The van der Waals surface area contributed by atoms with Gasteiger partial charge in [-0.2, -0.15) is 18.3 Å². The lowest BCUT2D eigenvalue weighted by Gasteiger charge is -2.10. The number of anilines is 1. The molecule has 11 heteroatoms. The number of ether oxygens (including phenoxy) is 2. The number of hydrogen-bond donors (Lipinski definition) is 1. The molecular formula is C22H18F3N3O5. The lowest BCUT2D eigenvalue weighted by atomic mass is 10.2. The van der Waals surface area contributed by atoms with Crippen molar-refractivity contribution in [2.75, 3.05) is 18.5 Å². The number of nitrogens with zero attached hydrogens (tertiary/aromatic N) is 2. The monoisotopic (exact) mass is 461 g/mol. The molecule has 172 valence electrons. The second-order valence-corrected chi connectivity index (χ2v) is 6.64. The second-order valence-electron chi connectivity index (χ2n) is 6.64. The molecular weight excluding hydrogens is 443 g/mol. The molecule has 33 heavy (non-hydrogen) atoms. The first-order chi connectivity index (χ1) is 15.7. The van der Waals surface area contributed by atoms with E-state index >= 15 is 0 Å². The number of esters is 1. The number of benzene rings is 2. The molecule has 1 amide bonds. The fourth-order valence-electron chi connectivity index (χ4n) is 2.63. The smallest absolute Gasteiger partial charge is 0.416 e. The highest BCUT2D eigenvalue weighted by Crippen LogP contribution is 2.29. The molecule has 0 unspecified atom stereocenters. The predicted octanol–water partition coefficient (Wildman–Crippen LogP) is 3.14. The number of carbonyl (C=O) groups is 2. The van der Waals surface area contributed by atoms with Crippen molar-refractivity contribution in [3.8, 4) is 5.75 Å². The Morgan fingerprint density at radius 2 is 1.67 bits per heavy atom. The Hall–Kier alpha value is -4.15. The number of nitrogens with one attached hydrogen (secondary N) is 1. The molecule has 2 aromatic carbocycles. The first-order valence-corrected chi connectivity index (χ1v) is 9.62. The van der Waals surface area contributed by atoms with Crippen LogP contribution in [0.25, 0.3) is 0 Å². The Kier molecular flexibility index (Phi) is 7.44. The Labute approximate surface area is 185 Å². The second kappa shape index (κ2) is 10.4. The van der Waals surface area contributed by atoms with E-state index in [9.17, 15) is 27.6 Å². The van der Waals surface area contributed by atoms with Crippen LogP contribution in [0.3, 0.4) is 0 Å². The van der Waals surface area contributed by atoms with Gasteiger partial charge in [-0.1, -0.05) is 18.2 Å². The van der Waals surface area contributed by atoms with Gasteiger partial charge in [-0.15, -0.1) is 0 Å². The number of carbonyl (C=O) groups excluding carboxylic acids is 2. The number of halogens is 3. The number of hydrogen-bond acceptors (Lipinski definition) is 6. The minimum absolute atomic E-state index is 0.0727. The summed E-state index contributed by atoms with van der Waals surface area (Å²) in [6, 6.07) is 15.0. The molecule has 0 saturated heterocycles. The molecule has 1 heterocycles. The van der Waals surface area contributed by atoms with Crippen molar-refractivity contribution >= 4 is 17.6 Å². The molecule has 0 aliphatic rings. The zero-order chi connectivity index (χ0) is 23.8. The van der Waals surface area contributed by atoms with E-state index in [0.717, 1.165) is 41.1 Å². The highest BCUT2D eigenvalue weighted by atomic mass is 19.4. The van der Waals surface area contributed by atoms with Gasteiger partial charge in [0.1, 0.15) is 12.4 Å². The van der Waals surface area contributed by atoms with Crippen LogP contribution in [0.2, 0.25) is 0 Å². The number of alkyl halides is 3. The van der Waals surface area contributed by atoms with Crippen molar-refractivity contribution in [1.82, 2.24) is 9.78 Å². The molecule has 0 atom stereocenters. The Morgan fingerprint density at radius 3 is 2.33 bits per heavy atom. The van der Waals surface area contributed by atoms with Crippen LogP contribution in [0.4, 0.5) is 18.9 Å². The van der Waals surface area contributed by atoms with E-state index in [4.69, 9.17) is 9.47 Å². The maximum absolute atomic E-state index is 12.6. The summed E-state index contributed by atoms with van der Waals surface area (Å²) in [7, 11) is 0. The highest BCUT2D eigenvalue weighted by molar-refractivity contribution is 5.94. The summed E-state index contributed by atoms with van der Waals surface area (Å²) in [5.41, 5.74) is -1.41. The van der Waals surface area contributed by atoms with Crippen molar-refractivity contribution in [3.05, 3.63) is 88.3 Å². The first kappa shape index (κ1) is 23.5. The molecule has 0 bridgehead atoms. The lowest BCUT2D eigenvalue weighted by molar-refractivity contribution is -0.137. The average Bonchev–Trinajstić information content (AvgIpc) is 2.79. The summed E-state index contributed by atoms with van der Waals surface area (Å²) < 4.78 is 49.1. The third-order valence-corrected chi connectivity index (χ3v) is 4.22. The quantitative estimate of drug-likeness (QED) is 0.518. The van der Waals surface area contributed by atoms with Gasteiger partial charge in [0.25, 0.3) is 11.5 Å². The third-order valence-electron chi connectivity index (χ3n) is 4.22. The van der Waals surface area contributed by atoms with Crippen molar-refractivity contribution in [2.45, 2.75) is 12.7 Å². The van der Waals surface area contributed by atoms with E-state index in [1.807, 2.05) is 6.07 Å². The molecule has 0 saturated carbocycles. The van der Waals surface area contributed by atoms with Gasteiger partial charge >= 0.3 is 12.1 Å². The van der Waals surface area contributed by atoms with Crippen LogP contribution >= 0.6 is 0 Å². The van der Waals surface area contributed by atoms with E-state index in [-0.39, 0.29) is 24.5 Å². The van der Waals surface area contributed by atoms with E-state index < -0.39 is 35.8 Å². The summed E-state index contributed by atoms with van der Waals surface area (Å²) in [6.07, 6.45) is -4.49. The normalized spacial score (nSPS) is 11.0. The summed E-state index contributed by atoms with van der Waals surface area (Å²) >= 11 is 0. The van der Waals surface area contributed by atoms with Crippen LogP contribution < -0.4 is 15.6 Å². The van der Waals surface area contributed by atoms with E-state index in [1.165, 1.54) is 0 Å². The van der Waals surface area contributed by atoms with Gasteiger partial charge in [0.2, 0.25) is 0 Å². The minimum atomic E-state index is -4.49. The molecule has 3 rings (SSSR count). The standard InChI is InChI=1S/C22H18F3N3O5/c23-22(24,25)15-6-8-16(9-7-15)26-19(29)14-33-21(31)18-10-11-20(30)28(27-18)12-13-32-17-4-2-1-3-5-17/h1-11H,12-14H2,(H,26,29). The van der Waals surface area contributed by atoms with Crippen molar-refractivity contribution in [3.63, 3.8) is 0 Å². The fraction of sp³-hybridized carbons (Fsp3) is 0.182. The number of rotatable bonds is 8. The molecule has 0 aliphatic carbocycles. The van der Waals surface area contributed by atoms with Crippen LogP contribution in [0, 0.1) is 0 Å². The van der Waals surface area contributed by atoms with Gasteiger partial charge in [0, 0.05) is 11.8 Å². The maximum atomic E-state index is 12.6. The molecule has 3 aromatic rings. The molecule has 0 radical (unpaired) electrons. The maximum Gasteiger partial charge on any atom is 0.416 e. The van der Waals surface area contributed by atoms with Crippen LogP contribution in [-0.4, -0.2) is 34.9 Å². The first-order valence-electron chi connectivity index (χ1n) is 9.62. The summed E-state index contributed by atoms with van der Waals surface area (Å²) in [5, 5.41) is 6.23. The van der Waals surface area contributed by atoms with Gasteiger partial charge < -0.3 is 14.8 Å². The molecule has 0 aliphatic heterocycles. The van der Waals surface area contributed by atoms with Gasteiger partial charge in [-0.3, -0.25) is 9.59 Å². The molecule has 1 aromatic heterocycles. The Balaban J connectivity index is 1.51. The van der Waals surface area contributed by atoms with Crippen molar-refractivity contribution in [1.29, 1.82) is 0 Å². The molecule has 0 spiro atoms. The van der Waals surface area contributed by atoms with E-state index in [2.05, 4.69) is 10.4 Å². The largest absolute Gasteiger partial charge is 0.492 e. The summed E-state index contributed by atoms with van der Waals surface area (Å²) in [4.78, 5) is 36.1. The van der Waals surface area contributed by atoms with Crippen molar-refractivity contribution < 1.29 is 32.2 Å². The van der Waals surface area contributed by atoms with Crippen LogP contribution in [-0.2, 0) is 22.3 Å². The SMILES string of the molecule is O=C(COC(=O)c1ccc(=O)n(CCOc2ccccc2)n1)Nc1ccc(C(F)(F)F)cc1. The topological polar surface area (TPSA) is 99.5 Å². The van der Waals surface area contributed by atoms with E-state index in [1.54, 1.807) is 24.3 Å². The third kappa shape index (κ3) is 6.92. The van der Waals surface area contributed by atoms with Gasteiger partial charge in [0.15, 0.2) is 12.3 Å². The van der Waals surface area contributed by atoms with Crippen LogP contribution in [0.5, 0.6) is 5.75 Å². The lowest BCUT2D eigenvalue weighted by Crippen LogP contribution is -2.28. The zero-order valence-electron chi connectivity index (χ0n) is 17.0. The van der Waals surface area contributed by atoms with Crippen LogP contribution in [0.15, 0.2) is 71.5 Å². The highest BCUT2D eigenvalue weighted by Gasteiger charge is 2.30. The van der Waals surface area contributed by atoms with E-state index in [0.29, 0.717) is 5.75 Å². The zero-order valence-corrected chi connectivity index (χ0v) is 17.0. The van der Waals surface area contributed by atoms with Gasteiger partial charge in [-0.05, 0) is 42.5 Å². The fourth-order valence-corrected chi connectivity index (χ4v) is 2.63. The molecule has 0 fully saturated rings. The predicted molar refractivity (Wildman–Crippen MR) is 111 cm³/mol. The van der Waals surface area contributed by atoms with Crippen LogP contribution in [0.1, 0.15) is 16.1 Å². The minimum Gasteiger partial charge on any atom is -0.492 e. The average molecular weight is 461 g/mol. The Morgan fingerprint density at radius 1 is 0.970 bits per heavy atom. The number of amides is 1. The Bertz CT molecular complexity index is 1160. The summed E-state index contributed by atoms with van der Waals surface area (Å²) in [5.74, 6) is -1.09. The molecule has 1 N–H and O–H groups in total. The molecule has 8 nitrogen and oxygen atoms in total.